The van der Waals surface area contributed by atoms with Crippen LogP contribution in [0.25, 0.3) is 11.0 Å². The number of nitrogens with zero attached hydrogens (tertiary/aromatic N) is 3. The van der Waals surface area contributed by atoms with Crippen LogP contribution in [0.1, 0.15) is 77.8 Å². The summed E-state index contributed by atoms with van der Waals surface area (Å²) in [6.07, 6.45) is 3.59. The summed E-state index contributed by atoms with van der Waals surface area (Å²) in [6.45, 7) is 4.55. The molecule has 1 aromatic carbocycles. The van der Waals surface area contributed by atoms with Crippen LogP contribution in [0.5, 0.6) is 0 Å². The summed E-state index contributed by atoms with van der Waals surface area (Å²) >= 11 is 0. The highest BCUT2D eigenvalue weighted by molar-refractivity contribution is 7.91. The number of carbonyl (C=O) groups is 1. The number of rotatable bonds is 7. The maximum Gasteiger partial charge on any atom is 0.252 e. The average molecular weight is 467 g/mol. The van der Waals surface area contributed by atoms with E-state index in [1.807, 2.05) is 31.2 Å². The molecular weight excluding hydrogens is 436 g/mol. The summed E-state index contributed by atoms with van der Waals surface area (Å²) < 4.78 is 25.9. The van der Waals surface area contributed by atoms with Crippen LogP contribution in [0.15, 0.2) is 36.4 Å². The molecule has 3 aromatic rings. The van der Waals surface area contributed by atoms with Crippen molar-refractivity contribution in [2.75, 3.05) is 18.1 Å². The number of hydrogen-bond acceptors (Lipinski definition) is 5. The van der Waals surface area contributed by atoms with Crippen LogP contribution in [0.3, 0.4) is 0 Å². The van der Waals surface area contributed by atoms with Crippen LogP contribution >= 0.6 is 0 Å². The van der Waals surface area contributed by atoms with Crippen molar-refractivity contribution in [2.45, 2.75) is 57.4 Å². The number of hydrogen-bond donors (Lipinski definition) is 1. The lowest BCUT2D eigenvalue weighted by Crippen LogP contribution is -2.28. The lowest BCUT2D eigenvalue weighted by Gasteiger charge is -2.17. The van der Waals surface area contributed by atoms with Gasteiger partial charge in [0.2, 0.25) is 0 Å². The molecule has 3 heterocycles. The van der Waals surface area contributed by atoms with E-state index in [-0.39, 0.29) is 29.4 Å². The minimum atomic E-state index is -3.06. The summed E-state index contributed by atoms with van der Waals surface area (Å²) in [4.78, 5) is 18.3. The van der Waals surface area contributed by atoms with Crippen LogP contribution in [0, 0.1) is 6.92 Å². The highest BCUT2D eigenvalue weighted by Crippen LogP contribution is 2.41. The van der Waals surface area contributed by atoms with Crippen LogP contribution < -0.4 is 5.32 Å². The van der Waals surface area contributed by atoms with E-state index in [1.165, 1.54) is 5.56 Å². The molecule has 2 atom stereocenters. The molecule has 2 aliphatic rings. The van der Waals surface area contributed by atoms with Crippen molar-refractivity contribution in [3.8, 4) is 0 Å². The largest absolute Gasteiger partial charge is 0.351 e. The summed E-state index contributed by atoms with van der Waals surface area (Å²) in [6, 6.07) is 11.9. The molecule has 33 heavy (non-hydrogen) atoms. The zero-order valence-electron chi connectivity index (χ0n) is 19.1. The predicted octanol–water partition coefficient (Wildman–Crippen LogP) is 3.90. The smallest absolute Gasteiger partial charge is 0.252 e. The SMILES string of the molecule is CCC(CNC(=O)c1cc(C2CC2)nc2c1c(C)nn2C1CCS(=O)(=O)C1)c1ccccc1. The Morgan fingerprint density at radius 3 is 2.61 bits per heavy atom. The van der Waals surface area contributed by atoms with Gasteiger partial charge in [-0.3, -0.25) is 4.79 Å². The van der Waals surface area contributed by atoms with E-state index in [9.17, 15) is 13.2 Å². The van der Waals surface area contributed by atoms with Gasteiger partial charge >= 0.3 is 0 Å². The van der Waals surface area contributed by atoms with Crippen molar-refractivity contribution in [3.05, 3.63) is 58.9 Å². The molecule has 1 aliphatic heterocycles. The van der Waals surface area contributed by atoms with Gasteiger partial charge < -0.3 is 5.32 Å². The van der Waals surface area contributed by atoms with Crippen molar-refractivity contribution in [1.82, 2.24) is 20.1 Å². The summed E-state index contributed by atoms with van der Waals surface area (Å²) in [5, 5.41) is 8.55. The summed E-state index contributed by atoms with van der Waals surface area (Å²) in [5.74, 6) is 0.730. The predicted molar refractivity (Wildman–Crippen MR) is 128 cm³/mol. The molecule has 7 nitrogen and oxygen atoms in total. The number of pyridine rings is 1. The zero-order valence-corrected chi connectivity index (χ0v) is 19.9. The molecule has 174 valence electrons. The third kappa shape index (κ3) is 4.40. The van der Waals surface area contributed by atoms with E-state index in [0.717, 1.165) is 30.3 Å². The maximum atomic E-state index is 13.4. The van der Waals surface area contributed by atoms with E-state index < -0.39 is 9.84 Å². The Hall–Kier alpha value is -2.74. The number of amides is 1. The molecule has 2 aromatic heterocycles. The van der Waals surface area contributed by atoms with Gasteiger partial charge in [-0.25, -0.2) is 18.1 Å². The number of benzene rings is 1. The molecule has 1 saturated heterocycles. The highest BCUT2D eigenvalue weighted by Gasteiger charge is 2.34. The first kappa shape index (κ1) is 22.1. The van der Waals surface area contributed by atoms with Gasteiger partial charge in [-0.15, -0.1) is 0 Å². The second-order valence-electron chi connectivity index (χ2n) is 9.38. The Labute approximate surface area is 194 Å². The first-order chi connectivity index (χ1) is 15.9. The molecular formula is C25H30N4O3S. The van der Waals surface area contributed by atoms with Crippen molar-refractivity contribution in [3.63, 3.8) is 0 Å². The molecule has 1 N–H and O–H groups in total. The van der Waals surface area contributed by atoms with Crippen LogP contribution in [-0.4, -0.2) is 47.1 Å². The molecule has 0 radical (unpaired) electrons. The van der Waals surface area contributed by atoms with E-state index in [4.69, 9.17) is 4.98 Å². The topological polar surface area (TPSA) is 93.9 Å². The Kier molecular flexibility index (Phi) is 5.72. The Bertz CT molecular complexity index is 1300. The standard InChI is InChI=1S/C25H30N4O3S/c1-3-17(18-7-5-4-6-8-18)14-26-25(30)21-13-22(19-9-10-19)27-24-23(21)16(2)28-29(24)20-11-12-33(31,32)15-20/h4-8,13,17,19-20H,3,9-12,14-15H2,1-2H3,(H,26,30). The molecule has 0 bridgehead atoms. The first-order valence-corrected chi connectivity index (χ1v) is 13.6. The fraction of sp³-hybridized carbons (Fsp3) is 0.480. The molecule has 8 heteroatoms. The van der Waals surface area contributed by atoms with Crippen LogP contribution in [-0.2, 0) is 9.84 Å². The van der Waals surface area contributed by atoms with E-state index in [2.05, 4.69) is 29.5 Å². The summed E-state index contributed by atoms with van der Waals surface area (Å²) in [7, 11) is -3.06. The third-order valence-electron chi connectivity index (χ3n) is 6.92. The van der Waals surface area contributed by atoms with Gasteiger partial charge in [-0.05, 0) is 44.2 Å². The van der Waals surface area contributed by atoms with E-state index >= 15 is 0 Å². The highest BCUT2D eigenvalue weighted by atomic mass is 32.2. The number of fused-ring (bicyclic) bond motifs is 1. The zero-order chi connectivity index (χ0) is 23.2. The van der Waals surface area contributed by atoms with Crippen LogP contribution in [0.2, 0.25) is 0 Å². The summed E-state index contributed by atoms with van der Waals surface area (Å²) in [5.41, 5.74) is 4.06. The van der Waals surface area contributed by atoms with Gasteiger partial charge in [0.1, 0.15) is 0 Å². The fourth-order valence-electron chi connectivity index (χ4n) is 4.86. The van der Waals surface area contributed by atoms with Crippen LogP contribution in [0.4, 0.5) is 0 Å². The molecule has 5 rings (SSSR count). The maximum absolute atomic E-state index is 13.4. The van der Waals surface area contributed by atoms with Gasteiger partial charge in [0.15, 0.2) is 15.5 Å². The normalized spacial score (nSPS) is 20.7. The molecule has 2 fully saturated rings. The van der Waals surface area contributed by atoms with Crippen molar-refractivity contribution < 1.29 is 13.2 Å². The second-order valence-corrected chi connectivity index (χ2v) is 11.6. The third-order valence-corrected chi connectivity index (χ3v) is 8.67. The average Bonchev–Trinajstić information content (AvgIpc) is 3.52. The monoisotopic (exact) mass is 466 g/mol. The number of sulfone groups is 1. The molecule has 2 unspecified atom stereocenters. The number of aromatic nitrogens is 3. The minimum Gasteiger partial charge on any atom is -0.351 e. The Morgan fingerprint density at radius 1 is 1.21 bits per heavy atom. The van der Waals surface area contributed by atoms with E-state index in [0.29, 0.717) is 35.8 Å². The first-order valence-electron chi connectivity index (χ1n) is 11.8. The lowest BCUT2D eigenvalue weighted by atomic mass is 9.96. The fourth-order valence-corrected chi connectivity index (χ4v) is 6.55. The van der Waals surface area contributed by atoms with Gasteiger partial charge in [0.05, 0.1) is 34.2 Å². The van der Waals surface area contributed by atoms with E-state index in [1.54, 1.807) is 4.68 Å². The van der Waals surface area contributed by atoms with Gasteiger partial charge in [0, 0.05) is 24.1 Å². The van der Waals surface area contributed by atoms with Gasteiger partial charge in [-0.1, -0.05) is 37.3 Å². The minimum absolute atomic E-state index is 0.0787. The Balaban J connectivity index is 1.49. The second kappa shape index (κ2) is 8.56. The van der Waals surface area contributed by atoms with Gasteiger partial charge in [0.25, 0.3) is 5.91 Å². The van der Waals surface area contributed by atoms with Gasteiger partial charge in [-0.2, -0.15) is 5.10 Å². The molecule has 0 spiro atoms. The van der Waals surface area contributed by atoms with Crippen molar-refractivity contribution >= 4 is 26.8 Å². The van der Waals surface area contributed by atoms with Crippen molar-refractivity contribution in [2.24, 2.45) is 0 Å². The lowest BCUT2D eigenvalue weighted by molar-refractivity contribution is 0.0952. The quantitative estimate of drug-likeness (QED) is 0.570. The number of nitrogens with one attached hydrogen (secondary N) is 1. The molecule has 1 aliphatic carbocycles. The number of aryl methyl sites for hydroxylation is 1. The molecule has 1 saturated carbocycles. The van der Waals surface area contributed by atoms with Crippen molar-refractivity contribution in [1.29, 1.82) is 0 Å². The number of carbonyl (C=O) groups excluding carboxylic acids is 1. The Morgan fingerprint density at radius 2 is 1.97 bits per heavy atom. The molecule has 1 amide bonds.